The molecule has 0 aliphatic carbocycles. The fraction of sp³-hybridized carbons (Fsp3) is 0.500. The summed E-state index contributed by atoms with van der Waals surface area (Å²) >= 11 is 0. The van der Waals surface area contributed by atoms with E-state index in [0.717, 1.165) is 44.1 Å². The minimum atomic E-state index is -0.295. The maximum atomic E-state index is 13.8. The summed E-state index contributed by atoms with van der Waals surface area (Å²) in [5.74, 6) is 1.09. The van der Waals surface area contributed by atoms with Crippen LogP contribution in [-0.4, -0.2) is 52.1 Å². The summed E-state index contributed by atoms with van der Waals surface area (Å²) in [6, 6.07) is 5.65. The summed E-state index contributed by atoms with van der Waals surface area (Å²) in [5.41, 5.74) is 0.984. The normalized spacial score (nSPS) is 19.6. The van der Waals surface area contributed by atoms with Crippen LogP contribution in [0.25, 0.3) is 0 Å². The maximum Gasteiger partial charge on any atom is 0.165 e. The van der Waals surface area contributed by atoms with Crippen LogP contribution in [0, 0.1) is 5.82 Å². The van der Waals surface area contributed by atoms with Crippen molar-refractivity contribution in [2.45, 2.75) is 26.1 Å². The SMILES string of the molecule is COc1ccc(CN2CCN(Cc3nccn3C)C(C)C2)cc1F. The molecule has 2 heterocycles. The van der Waals surface area contributed by atoms with Gasteiger partial charge in [0.25, 0.3) is 0 Å². The molecule has 1 aromatic carbocycles. The predicted octanol–water partition coefficient (Wildman–Crippen LogP) is 2.27. The Morgan fingerprint density at radius 3 is 2.75 bits per heavy atom. The lowest BCUT2D eigenvalue weighted by Crippen LogP contribution is -2.51. The Morgan fingerprint density at radius 2 is 2.12 bits per heavy atom. The summed E-state index contributed by atoms with van der Waals surface area (Å²) in [4.78, 5) is 9.24. The van der Waals surface area contributed by atoms with Gasteiger partial charge in [-0.3, -0.25) is 9.80 Å². The number of rotatable bonds is 5. The zero-order chi connectivity index (χ0) is 17.1. The lowest BCUT2D eigenvalue weighted by Gasteiger charge is -2.39. The largest absolute Gasteiger partial charge is 0.494 e. The Balaban J connectivity index is 1.57. The highest BCUT2D eigenvalue weighted by molar-refractivity contribution is 5.29. The molecule has 2 aromatic rings. The molecule has 1 unspecified atom stereocenters. The molecule has 3 rings (SSSR count). The zero-order valence-electron chi connectivity index (χ0n) is 14.6. The predicted molar refractivity (Wildman–Crippen MR) is 91.3 cm³/mol. The number of hydrogen-bond donors (Lipinski definition) is 0. The fourth-order valence-corrected chi connectivity index (χ4v) is 3.25. The van der Waals surface area contributed by atoms with Crippen LogP contribution in [0.2, 0.25) is 0 Å². The zero-order valence-corrected chi connectivity index (χ0v) is 14.6. The number of piperazine rings is 1. The van der Waals surface area contributed by atoms with E-state index in [4.69, 9.17) is 4.74 Å². The third kappa shape index (κ3) is 3.76. The summed E-state index contributed by atoms with van der Waals surface area (Å²) in [6.45, 7) is 6.81. The molecule has 1 fully saturated rings. The number of aryl methyl sites for hydroxylation is 1. The Bertz CT molecular complexity index is 687. The Morgan fingerprint density at radius 1 is 1.29 bits per heavy atom. The van der Waals surface area contributed by atoms with Crippen LogP contribution < -0.4 is 4.74 Å². The summed E-state index contributed by atoms with van der Waals surface area (Å²) in [7, 11) is 3.52. The van der Waals surface area contributed by atoms with Crippen molar-refractivity contribution < 1.29 is 9.13 Å². The first kappa shape index (κ1) is 16.9. The Labute approximate surface area is 142 Å². The van der Waals surface area contributed by atoms with Crippen molar-refractivity contribution in [3.05, 3.63) is 47.8 Å². The number of nitrogens with zero attached hydrogens (tertiary/aromatic N) is 4. The number of aromatic nitrogens is 2. The minimum Gasteiger partial charge on any atom is -0.494 e. The van der Waals surface area contributed by atoms with Crippen molar-refractivity contribution in [3.63, 3.8) is 0 Å². The first-order valence-electron chi connectivity index (χ1n) is 8.32. The molecule has 0 spiro atoms. The Kier molecular flexibility index (Phi) is 5.16. The highest BCUT2D eigenvalue weighted by Crippen LogP contribution is 2.20. The molecule has 130 valence electrons. The quantitative estimate of drug-likeness (QED) is 0.841. The van der Waals surface area contributed by atoms with E-state index in [2.05, 4.69) is 26.3 Å². The van der Waals surface area contributed by atoms with Gasteiger partial charge in [-0.25, -0.2) is 9.37 Å². The van der Waals surface area contributed by atoms with Crippen molar-refractivity contribution in [3.8, 4) is 5.75 Å². The summed E-state index contributed by atoms with van der Waals surface area (Å²) < 4.78 is 20.9. The van der Waals surface area contributed by atoms with Crippen molar-refractivity contribution in [1.82, 2.24) is 19.4 Å². The van der Waals surface area contributed by atoms with Crippen LogP contribution in [0.1, 0.15) is 18.3 Å². The van der Waals surface area contributed by atoms with E-state index in [9.17, 15) is 4.39 Å². The Hall–Kier alpha value is -1.92. The molecule has 0 amide bonds. The molecule has 1 aliphatic heterocycles. The van der Waals surface area contributed by atoms with Gasteiger partial charge in [-0.05, 0) is 24.6 Å². The molecule has 0 bridgehead atoms. The summed E-state index contributed by atoms with van der Waals surface area (Å²) in [6.07, 6.45) is 3.82. The number of benzene rings is 1. The number of methoxy groups -OCH3 is 1. The van der Waals surface area contributed by atoms with Gasteiger partial charge in [0.05, 0.1) is 13.7 Å². The molecular formula is C18H25FN4O. The van der Waals surface area contributed by atoms with E-state index in [1.54, 1.807) is 12.1 Å². The van der Waals surface area contributed by atoms with Crippen LogP contribution >= 0.6 is 0 Å². The van der Waals surface area contributed by atoms with Gasteiger partial charge in [-0.15, -0.1) is 0 Å². The maximum absolute atomic E-state index is 13.8. The van der Waals surface area contributed by atoms with Crippen molar-refractivity contribution in [2.75, 3.05) is 26.7 Å². The second-order valence-corrected chi connectivity index (χ2v) is 6.48. The third-order valence-electron chi connectivity index (χ3n) is 4.74. The topological polar surface area (TPSA) is 33.5 Å². The van der Waals surface area contributed by atoms with Gasteiger partial charge in [0.1, 0.15) is 5.82 Å². The number of imidazole rings is 1. The van der Waals surface area contributed by atoms with Gasteiger partial charge < -0.3 is 9.30 Å². The van der Waals surface area contributed by atoms with Gasteiger partial charge in [-0.2, -0.15) is 0 Å². The van der Waals surface area contributed by atoms with Crippen molar-refractivity contribution in [1.29, 1.82) is 0 Å². The van der Waals surface area contributed by atoms with Gasteiger partial charge in [0.2, 0.25) is 0 Å². The molecule has 1 aliphatic rings. The summed E-state index contributed by atoms with van der Waals surface area (Å²) in [5, 5.41) is 0. The fourth-order valence-electron chi connectivity index (χ4n) is 3.25. The van der Waals surface area contributed by atoms with Gasteiger partial charge in [0.15, 0.2) is 11.6 Å². The van der Waals surface area contributed by atoms with Crippen LogP contribution in [0.3, 0.4) is 0 Å². The lowest BCUT2D eigenvalue weighted by atomic mass is 10.1. The van der Waals surface area contributed by atoms with Gasteiger partial charge in [-0.1, -0.05) is 6.07 Å². The lowest BCUT2D eigenvalue weighted by molar-refractivity contribution is 0.0706. The standard InChI is InChI=1S/C18H25FN4O/c1-14-11-22(12-15-4-5-17(24-3)16(19)10-15)8-9-23(14)13-18-20-6-7-21(18)2/h4-7,10,14H,8-9,11-13H2,1-3H3. The first-order chi connectivity index (χ1) is 11.6. The average Bonchev–Trinajstić information content (AvgIpc) is 2.95. The van der Waals surface area contributed by atoms with E-state index in [1.807, 2.05) is 25.5 Å². The molecule has 5 nitrogen and oxygen atoms in total. The van der Waals surface area contributed by atoms with Crippen LogP contribution in [0.15, 0.2) is 30.6 Å². The van der Waals surface area contributed by atoms with Crippen LogP contribution in [-0.2, 0) is 20.1 Å². The first-order valence-corrected chi connectivity index (χ1v) is 8.32. The van der Waals surface area contributed by atoms with Gasteiger partial charge in [0, 0.05) is 51.7 Å². The van der Waals surface area contributed by atoms with Crippen LogP contribution in [0.5, 0.6) is 5.75 Å². The van der Waals surface area contributed by atoms with E-state index in [-0.39, 0.29) is 5.82 Å². The molecule has 0 N–H and O–H groups in total. The van der Waals surface area contributed by atoms with Gasteiger partial charge >= 0.3 is 0 Å². The molecule has 1 atom stereocenters. The number of hydrogen-bond acceptors (Lipinski definition) is 4. The molecule has 1 saturated heterocycles. The second kappa shape index (κ2) is 7.32. The smallest absolute Gasteiger partial charge is 0.165 e. The minimum absolute atomic E-state index is 0.295. The molecule has 1 aromatic heterocycles. The molecule has 0 saturated carbocycles. The molecule has 24 heavy (non-hydrogen) atoms. The average molecular weight is 332 g/mol. The van der Waals surface area contributed by atoms with E-state index in [0.29, 0.717) is 11.8 Å². The molecule has 0 radical (unpaired) electrons. The third-order valence-corrected chi connectivity index (χ3v) is 4.74. The monoisotopic (exact) mass is 332 g/mol. The van der Waals surface area contributed by atoms with Crippen molar-refractivity contribution in [2.24, 2.45) is 7.05 Å². The highest BCUT2D eigenvalue weighted by atomic mass is 19.1. The second-order valence-electron chi connectivity index (χ2n) is 6.48. The molecule has 6 heteroatoms. The molecular weight excluding hydrogens is 307 g/mol. The van der Waals surface area contributed by atoms with E-state index < -0.39 is 0 Å². The van der Waals surface area contributed by atoms with E-state index in [1.165, 1.54) is 7.11 Å². The van der Waals surface area contributed by atoms with E-state index >= 15 is 0 Å². The number of halogens is 1. The number of ether oxygens (including phenoxy) is 1. The highest BCUT2D eigenvalue weighted by Gasteiger charge is 2.24. The van der Waals surface area contributed by atoms with Crippen LogP contribution in [0.4, 0.5) is 4.39 Å². The van der Waals surface area contributed by atoms with Crippen molar-refractivity contribution >= 4 is 0 Å².